The third kappa shape index (κ3) is 5.53. The van der Waals surface area contributed by atoms with E-state index in [4.69, 9.17) is 21.3 Å². The minimum Gasteiger partial charge on any atom is -0.496 e. The molecule has 1 amide bonds. The van der Waals surface area contributed by atoms with Crippen LogP contribution in [0.3, 0.4) is 0 Å². The zero-order chi connectivity index (χ0) is 24.1. The number of thiazole rings is 1. The molecule has 0 aliphatic rings. The van der Waals surface area contributed by atoms with Crippen molar-refractivity contribution in [1.82, 2.24) is 4.98 Å². The molecule has 4 aromatic rings. The number of ether oxygens (including phenoxy) is 1. The van der Waals surface area contributed by atoms with Gasteiger partial charge < -0.3 is 10.1 Å². The number of halogens is 1. The Balaban J connectivity index is 1.36. The molecule has 0 bridgehead atoms. The summed E-state index contributed by atoms with van der Waals surface area (Å²) in [5, 5.41) is 6.29. The molecule has 1 aromatic heterocycles. The highest BCUT2D eigenvalue weighted by Gasteiger charge is 2.15. The topological polar surface area (TPSA) is 68.3 Å². The van der Waals surface area contributed by atoms with E-state index in [-0.39, 0.29) is 24.5 Å². The van der Waals surface area contributed by atoms with Crippen LogP contribution >= 0.6 is 22.9 Å². The van der Waals surface area contributed by atoms with Gasteiger partial charge in [-0.15, -0.1) is 11.3 Å². The maximum atomic E-state index is 12.5. The second-order valence-corrected chi connectivity index (χ2v) is 9.04. The Kier molecular flexibility index (Phi) is 7.40. The lowest BCUT2D eigenvalue weighted by atomic mass is 10.1. The van der Waals surface area contributed by atoms with Gasteiger partial charge in [-0.3, -0.25) is 9.59 Å². The molecule has 3 aromatic carbocycles. The van der Waals surface area contributed by atoms with E-state index in [0.717, 1.165) is 21.8 Å². The molecule has 1 N–H and O–H groups in total. The van der Waals surface area contributed by atoms with Crippen LogP contribution in [0.15, 0.2) is 72.1 Å². The van der Waals surface area contributed by atoms with Crippen molar-refractivity contribution in [3.8, 4) is 27.6 Å². The summed E-state index contributed by atoms with van der Waals surface area (Å²) in [5.41, 5.74) is 5.22. The molecule has 0 unspecified atom stereocenters. The third-order valence-electron chi connectivity index (χ3n) is 5.39. The first kappa shape index (κ1) is 23.7. The predicted octanol–water partition coefficient (Wildman–Crippen LogP) is 7.05. The number of nitrogens with one attached hydrogen (secondary N) is 1. The second-order valence-electron chi connectivity index (χ2n) is 7.75. The fourth-order valence-corrected chi connectivity index (χ4v) is 4.64. The fourth-order valence-electron chi connectivity index (χ4n) is 3.55. The number of hydrogen-bond donors (Lipinski definition) is 1. The standard InChI is InChI=1S/C27H23ClN2O3S/c1-17-5-3-4-6-21(17)27-30-23(16-34-27)18-7-10-20(11-8-18)29-26(32)14-12-24(31)22-15-19(28)9-13-25(22)33-2/h3-11,13,15-16H,12,14H2,1-2H3,(H,29,32). The first-order chi connectivity index (χ1) is 16.4. The van der Waals surface area contributed by atoms with E-state index < -0.39 is 0 Å². The van der Waals surface area contributed by atoms with Crippen LogP contribution in [0.1, 0.15) is 28.8 Å². The van der Waals surface area contributed by atoms with Gasteiger partial charge in [0.25, 0.3) is 0 Å². The number of carbonyl (C=O) groups excluding carboxylic acids is 2. The molecular weight excluding hydrogens is 468 g/mol. The van der Waals surface area contributed by atoms with Gasteiger partial charge in [-0.1, -0.05) is 48.0 Å². The highest BCUT2D eigenvalue weighted by atomic mass is 35.5. The van der Waals surface area contributed by atoms with Crippen LogP contribution in [0.2, 0.25) is 5.02 Å². The largest absolute Gasteiger partial charge is 0.496 e. The van der Waals surface area contributed by atoms with E-state index in [9.17, 15) is 9.59 Å². The zero-order valence-electron chi connectivity index (χ0n) is 18.8. The van der Waals surface area contributed by atoms with E-state index in [1.807, 2.05) is 41.8 Å². The highest BCUT2D eigenvalue weighted by molar-refractivity contribution is 7.13. The molecule has 4 rings (SSSR count). The number of carbonyl (C=O) groups is 2. The van der Waals surface area contributed by atoms with Crippen LogP contribution in [-0.2, 0) is 4.79 Å². The molecule has 0 atom stereocenters. The summed E-state index contributed by atoms with van der Waals surface area (Å²) in [4.78, 5) is 29.7. The van der Waals surface area contributed by atoms with Crippen LogP contribution in [-0.4, -0.2) is 23.8 Å². The van der Waals surface area contributed by atoms with Gasteiger partial charge in [-0.2, -0.15) is 0 Å². The van der Waals surface area contributed by atoms with Crippen LogP contribution in [0.5, 0.6) is 5.75 Å². The molecular formula is C27H23ClN2O3S. The second kappa shape index (κ2) is 10.6. The van der Waals surface area contributed by atoms with Crippen molar-refractivity contribution in [1.29, 1.82) is 0 Å². The third-order valence-corrected chi connectivity index (χ3v) is 6.50. The number of rotatable bonds is 8. The van der Waals surface area contributed by atoms with Gasteiger partial charge in [0.1, 0.15) is 10.8 Å². The molecule has 1 heterocycles. The number of aryl methyl sites for hydroxylation is 1. The fraction of sp³-hybridized carbons (Fsp3) is 0.148. The van der Waals surface area contributed by atoms with E-state index in [0.29, 0.717) is 22.0 Å². The summed E-state index contributed by atoms with van der Waals surface area (Å²) >= 11 is 7.60. The molecule has 0 saturated carbocycles. The lowest BCUT2D eigenvalue weighted by molar-refractivity contribution is -0.116. The van der Waals surface area contributed by atoms with E-state index in [1.165, 1.54) is 12.7 Å². The van der Waals surface area contributed by atoms with Crippen molar-refractivity contribution in [2.75, 3.05) is 12.4 Å². The molecule has 0 aliphatic heterocycles. The SMILES string of the molecule is COc1ccc(Cl)cc1C(=O)CCC(=O)Nc1ccc(-c2csc(-c3ccccc3C)n2)cc1. The Morgan fingerprint density at radius 1 is 1.03 bits per heavy atom. The smallest absolute Gasteiger partial charge is 0.224 e. The Labute approximate surface area is 207 Å². The van der Waals surface area contributed by atoms with Crippen LogP contribution in [0.25, 0.3) is 21.8 Å². The van der Waals surface area contributed by atoms with E-state index >= 15 is 0 Å². The number of anilines is 1. The monoisotopic (exact) mass is 490 g/mol. The molecule has 5 nitrogen and oxygen atoms in total. The van der Waals surface area contributed by atoms with Gasteiger partial charge in [-0.25, -0.2) is 4.98 Å². The van der Waals surface area contributed by atoms with Gasteiger partial charge >= 0.3 is 0 Å². The number of benzene rings is 3. The Morgan fingerprint density at radius 3 is 2.53 bits per heavy atom. The lowest BCUT2D eigenvalue weighted by Gasteiger charge is -2.09. The molecule has 172 valence electrons. The number of aromatic nitrogens is 1. The van der Waals surface area contributed by atoms with Crippen LogP contribution in [0.4, 0.5) is 5.69 Å². The molecule has 34 heavy (non-hydrogen) atoms. The Bertz CT molecular complexity index is 1330. The average molecular weight is 491 g/mol. The van der Waals surface area contributed by atoms with Crippen molar-refractivity contribution in [3.05, 3.63) is 88.3 Å². The number of ketones is 1. The van der Waals surface area contributed by atoms with Crippen LogP contribution in [0, 0.1) is 6.92 Å². The first-order valence-corrected chi connectivity index (χ1v) is 12.0. The first-order valence-electron chi connectivity index (χ1n) is 10.7. The maximum absolute atomic E-state index is 12.5. The van der Waals surface area contributed by atoms with Gasteiger partial charge in [-0.05, 0) is 42.8 Å². The summed E-state index contributed by atoms with van der Waals surface area (Å²) in [6, 6.07) is 20.6. The summed E-state index contributed by atoms with van der Waals surface area (Å²) in [6.07, 6.45) is 0.114. The number of Topliss-reactive ketones (excluding diaryl/α,β-unsaturated/α-hetero) is 1. The van der Waals surface area contributed by atoms with Gasteiger partial charge in [0.15, 0.2) is 5.78 Å². The van der Waals surface area contributed by atoms with Gasteiger partial charge in [0.05, 0.1) is 18.4 Å². The Morgan fingerprint density at radius 2 is 1.79 bits per heavy atom. The maximum Gasteiger partial charge on any atom is 0.224 e. The van der Waals surface area contributed by atoms with E-state index in [2.05, 4.69) is 24.4 Å². The number of amides is 1. The van der Waals surface area contributed by atoms with E-state index in [1.54, 1.807) is 29.5 Å². The quantitative estimate of drug-likeness (QED) is 0.269. The van der Waals surface area contributed by atoms with Crippen molar-refractivity contribution >= 4 is 40.3 Å². The number of hydrogen-bond acceptors (Lipinski definition) is 5. The number of methoxy groups -OCH3 is 1. The van der Waals surface area contributed by atoms with Crippen molar-refractivity contribution in [3.63, 3.8) is 0 Å². The summed E-state index contributed by atoms with van der Waals surface area (Å²) in [6.45, 7) is 2.08. The predicted molar refractivity (Wildman–Crippen MR) is 138 cm³/mol. The molecule has 0 radical (unpaired) electrons. The van der Waals surface area contributed by atoms with Crippen LogP contribution < -0.4 is 10.1 Å². The molecule has 0 aliphatic carbocycles. The normalized spacial score (nSPS) is 10.7. The molecule has 7 heteroatoms. The number of nitrogens with zero attached hydrogens (tertiary/aromatic N) is 1. The van der Waals surface area contributed by atoms with Gasteiger partial charge in [0, 0.05) is 40.1 Å². The average Bonchev–Trinajstić information content (AvgIpc) is 3.33. The lowest BCUT2D eigenvalue weighted by Crippen LogP contribution is -2.13. The zero-order valence-corrected chi connectivity index (χ0v) is 20.4. The molecule has 0 fully saturated rings. The van der Waals surface area contributed by atoms with Crippen molar-refractivity contribution in [2.45, 2.75) is 19.8 Å². The minimum absolute atomic E-state index is 0.0567. The van der Waals surface area contributed by atoms with Crippen molar-refractivity contribution in [2.24, 2.45) is 0 Å². The highest BCUT2D eigenvalue weighted by Crippen LogP contribution is 2.31. The Hall–Kier alpha value is -3.48. The minimum atomic E-state index is -0.238. The van der Waals surface area contributed by atoms with Crippen molar-refractivity contribution < 1.29 is 14.3 Å². The summed E-state index contributed by atoms with van der Waals surface area (Å²) in [7, 11) is 1.49. The van der Waals surface area contributed by atoms with Gasteiger partial charge in [0.2, 0.25) is 5.91 Å². The molecule has 0 spiro atoms. The summed E-state index contributed by atoms with van der Waals surface area (Å²) < 4.78 is 5.22. The summed E-state index contributed by atoms with van der Waals surface area (Å²) in [5.74, 6) is 0.00782. The molecule has 0 saturated heterocycles.